The lowest BCUT2D eigenvalue weighted by Gasteiger charge is -2.41. The second-order valence-corrected chi connectivity index (χ2v) is 6.47. The summed E-state index contributed by atoms with van der Waals surface area (Å²) in [5.74, 6) is 1.81. The molecule has 2 heteroatoms. The lowest BCUT2D eigenvalue weighted by atomic mass is 9.74. The molecular formula is C17H25NO. The molecule has 104 valence electrons. The van der Waals surface area contributed by atoms with Gasteiger partial charge in [-0.15, -0.1) is 0 Å². The minimum Gasteiger partial charge on any atom is -0.394 e. The van der Waals surface area contributed by atoms with Gasteiger partial charge >= 0.3 is 0 Å². The zero-order valence-electron chi connectivity index (χ0n) is 11.6. The van der Waals surface area contributed by atoms with E-state index in [1.165, 1.54) is 37.7 Å². The molecule has 0 aromatic heterocycles. The summed E-state index contributed by atoms with van der Waals surface area (Å²) in [6.07, 6.45) is 7.78. The van der Waals surface area contributed by atoms with E-state index in [2.05, 4.69) is 35.6 Å². The van der Waals surface area contributed by atoms with Crippen LogP contribution >= 0.6 is 0 Å². The molecule has 2 atom stereocenters. The van der Waals surface area contributed by atoms with Crippen LogP contribution in [0.1, 0.15) is 44.1 Å². The van der Waals surface area contributed by atoms with E-state index in [-0.39, 0.29) is 12.1 Å². The van der Waals surface area contributed by atoms with E-state index >= 15 is 0 Å². The number of nitrogens with one attached hydrogen (secondary N) is 1. The Morgan fingerprint density at radius 3 is 2.58 bits per heavy atom. The SMILES string of the molecule is OCC1(NCc2ccccc2)CCCC(C2CC2)C1. The van der Waals surface area contributed by atoms with Gasteiger partial charge in [0.15, 0.2) is 0 Å². The molecule has 3 rings (SSSR count). The van der Waals surface area contributed by atoms with Crippen LogP contribution < -0.4 is 5.32 Å². The Morgan fingerprint density at radius 1 is 1.11 bits per heavy atom. The highest BCUT2D eigenvalue weighted by molar-refractivity contribution is 5.15. The van der Waals surface area contributed by atoms with Gasteiger partial charge < -0.3 is 10.4 Å². The van der Waals surface area contributed by atoms with Gasteiger partial charge in [0.1, 0.15) is 0 Å². The fourth-order valence-corrected chi connectivity index (χ4v) is 3.62. The van der Waals surface area contributed by atoms with E-state index in [9.17, 15) is 5.11 Å². The summed E-state index contributed by atoms with van der Waals surface area (Å²) >= 11 is 0. The topological polar surface area (TPSA) is 32.3 Å². The molecule has 0 aliphatic heterocycles. The first-order valence-corrected chi connectivity index (χ1v) is 7.71. The maximum Gasteiger partial charge on any atom is 0.0613 e. The number of hydrogen-bond acceptors (Lipinski definition) is 2. The van der Waals surface area contributed by atoms with Gasteiger partial charge in [0.25, 0.3) is 0 Å². The smallest absolute Gasteiger partial charge is 0.0613 e. The molecule has 2 aliphatic rings. The highest BCUT2D eigenvalue weighted by Crippen LogP contribution is 2.46. The van der Waals surface area contributed by atoms with Crippen LogP contribution in [0.4, 0.5) is 0 Å². The van der Waals surface area contributed by atoms with E-state index in [0.717, 1.165) is 24.8 Å². The van der Waals surface area contributed by atoms with Gasteiger partial charge in [-0.1, -0.05) is 43.2 Å². The fourth-order valence-electron chi connectivity index (χ4n) is 3.62. The highest BCUT2D eigenvalue weighted by atomic mass is 16.3. The molecule has 2 nitrogen and oxygen atoms in total. The molecule has 0 radical (unpaired) electrons. The minimum absolute atomic E-state index is 0.0264. The molecule has 0 spiro atoms. The molecule has 0 saturated heterocycles. The first-order chi connectivity index (χ1) is 9.31. The van der Waals surface area contributed by atoms with Crippen LogP contribution in [0.25, 0.3) is 0 Å². The summed E-state index contributed by atoms with van der Waals surface area (Å²) in [5, 5.41) is 13.5. The summed E-state index contributed by atoms with van der Waals surface area (Å²) in [6.45, 7) is 1.15. The van der Waals surface area contributed by atoms with Crippen molar-refractivity contribution in [3.8, 4) is 0 Å². The standard InChI is InChI=1S/C17H25NO/c19-13-17(18-12-14-5-2-1-3-6-14)10-4-7-16(11-17)15-8-9-15/h1-3,5-6,15-16,18-19H,4,7-13H2. The monoisotopic (exact) mass is 259 g/mol. The maximum atomic E-state index is 9.88. The van der Waals surface area contributed by atoms with Crippen molar-refractivity contribution in [2.24, 2.45) is 11.8 Å². The fraction of sp³-hybridized carbons (Fsp3) is 0.647. The molecular weight excluding hydrogens is 234 g/mol. The van der Waals surface area contributed by atoms with Gasteiger partial charge in [0.05, 0.1) is 6.61 Å². The Bertz CT molecular complexity index is 401. The summed E-state index contributed by atoms with van der Waals surface area (Å²) in [7, 11) is 0. The van der Waals surface area contributed by atoms with Gasteiger partial charge in [-0.25, -0.2) is 0 Å². The lowest BCUT2D eigenvalue weighted by molar-refractivity contribution is 0.0874. The van der Waals surface area contributed by atoms with Gasteiger partial charge in [-0.3, -0.25) is 0 Å². The number of hydrogen-bond donors (Lipinski definition) is 2. The lowest BCUT2D eigenvalue weighted by Crippen LogP contribution is -2.51. The van der Waals surface area contributed by atoms with Gasteiger partial charge in [0.2, 0.25) is 0 Å². The summed E-state index contributed by atoms with van der Waals surface area (Å²) in [5.41, 5.74) is 1.28. The Hall–Kier alpha value is -0.860. The first-order valence-electron chi connectivity index (χ1n) is 7.71. The second kappa shape index (κ2) is 5.64. The molecule has 2 aliphatic carbocycles. The molecule has 2 fully saturated rings. The van der Waals surface area contributed by atoms with E-state index in [1.54, 1.807) is 0 Å². The summed E-state index contributed by atoms with van der Waals surface area (Å²) in [4.78, 5) is 0. The van der Waals surface area contributed by atoms with Crippen LogP contribution in [0, 0.1) is 11.8 Å². The third-order valence-electron chi connectivity index (χ3n) is 4.98. The quantitative estimate of drug-likeness (QED) is 0.851. The van der Waals surface area contributed by atoms with E-state index in [1.807, 2.05) is 0 Å². The molecule has 19 heavy (non-hydrogen) atoms. The highest BCUT2D eigenvalue weighted by Gasteiger charge is 2.41. The van der Waals surface area contributed by atoms with Crippen LogP contribution in [0.5, 0.6) is 0 Å². The van der Waals surface area contributed by atoms with Gasteiger partial charge in [0, 0.05) is 12.1 Å². The van der Waals surface area contributed by atoms with Crippen molar-refractivity contribution in [2.45, 2.75) is 50.6 Å². The predicted molar refractivity (Wildman–Crippen MR) is 77.8 cm³/mol. The molecule has 0 amide bonds. The maximum absolute atomic E-state index is 9.88. The van der Waals surface area contributed by atoms with Crippen molar-refractivity contribution in [3.05, 3.63) is 35.9 Å². The third kappa shape index (κ3) is 3.18. The van der Waals surface area contributed by atoms with E-state index in [0.29, 0.717) is 0 Å². The minimum atomic E-state index is -0.0264. The number of aliphatic hydroxyl groups excluding tert-OH is 1. The largest absolute Gasteiger partial charge is 0.394 e. The van der Waals surface area contributed by atoms with Gasteiger partial charge in [-0.05, 0) is 43.1 Å². The Balaban J connectivity index is 1.61. The van der Waals surface area contributed by atoms with Crippen LogP contribution in [0.2, 0.25) is 0 Å². The van der Waals surface area contributed by atoms with E-state index < -0.39 is 0 Å². The molecule has 0 heterocycles. The zero-order chi connectivity index (χ0) is 13.1. The van der Waals surface area contributed by atoms with Crippen molar-refractivity contribution in [1.82, 2.24) is 5.32 Å². The van der Waals surface area contributed by atoms with Crippen molar-refractivity contribution in [3.63, 3.8) is 0 Å². The summed E-state index contributed by atoms with van der Waals surface area (Å²) in [6, 6.07) is 10.5. The average molecular weight is 259 g/mol. The number of rotatable bonds is 5. The molecule has 2 N–H and O–H groups in total. The second-order valence-electron chi connectivity index (χ2n) is 6.47. The number of aliphatic hydroxyl groups is 1. The Kier molecular flexibility index (Phi) is 3.90. The zero-order valence-corrected chi connectivity index (χ0v) is 11.6. The molecule has 1 aromatic rings. The molecule has 1 aromatic carbocycles. The molecule has 2 saturated carbocycles. The molecule has 2 unspecified atom stereocenters. The summed E-state index contributed by atoms with van der Waals surface area (Å²) < 4.78 is 0. The first kappa shape index (κ1) is 13.1. The van der Waals surface area contributed by atoms with Crippen LogP contribution in [-0.4, -0.2) is 17.3 Å². The normalized spacial score (nSPS) is 31.3. The third-order valence-corrected chi connectivity index (χ3v) is 4.98. The van der Waals surface area contributed by atoms with Crippen molar-refractivity contribution in [1.29, 1.82) is 0 Å². The Labute approximate surface area is 116 Å². The molecule has 0 bridgehead atoms. The Morgan fingerprint density at radius 2 is 1.89 bits per heavy atom. The van der Waals surface area contributed by atoms with Crippen LogP contribution in [0.3, 0.4) is 0 Å². The van der Waals surface area contributed by atoms with Crippen molar-refractivity contribution >= 4 is 0 Å². The van der Waals surface area contributed by atoms with Crippen molar-refractivity contribution < 1.29 is 5.11 Å². The number of benzene rings is 1. The predicted octanol–water partition coefficient (Wildman–Crippen LogP) is 3.11. The van der Waals surface area contributed by atoms with Crippen LogP contribution in [-0.2, 0) is 6.54 Å². The van der Waals surface area contributed by atoms with Crippen LogP contribution in [0.15, 0.2) is 30.3 Å². The van der Waals surface area contributed by atoms with E-state index in [4.69, 9.17) is 0 Å². The average Bonchev–Trinajstić information content (AvgIpc) is 3.31. The van der Waals surface area contributed by atoms with Crippen molar-refractivity contribution in [2.75, 3.05) is 6.61 Å². The van der Waals surface area contributed by atoms with Gasteiger partial charge in [-0.2, -0.15) is 0 Å².